The van der Waals surface area contributed by atoms with Gasteiger partial charge in [0.25, 0.3) is 0 Å². The molecule has 16 atom stereocenters. The molecule has 5 fully saturated rings. The molecule has 0 aromatic carbocycles. The fourth-order valence-electron chi connectivity index (χ4n) is 10.7. The Morgan fingerprint density at radius 1 is 1.02 bits per heavy atom. The van der Waals surface area contributed by atoms with Crippen molar-refractivity contribution in [2.75, 3.05) is 6.61 Å². The summed E-state index contributed by atoms with van der Waals surface area (Å²) in [5.74, 6) is -0.880. The number of carbonyl (C=O) groups is 2. The van der Waals surface area contributed by atoms with E-state index in [2.05, 4.69) is 33.8 Å². The van der Waals surface area contributed by atoms with E-state index in [9.17, 15) is 35.1 Å². The number of ether oxygens (including phenoxy) is 3. The van der Waals surface area contributed by atoms with Gasteiger partial charge in [0.05, 0.1) is 18.8 Å². The van der Waals surface area contributed by atoms with Gasteiger partial charge in [-0.05, 0) is 78.9 Å². The molecule has 0 unspecified atom stereocenters. The largest absolute Gasteiger partial charge is 0.479 e. The molecule has 0 amide bonds. The molecule has 1 spiro atoms. The summed E-state index contributed by atoms with van der Waals surface area (Å²) in [6.45, 7) is 10.0. The number of aliphatic hydroxyl groups is 5. The maximum atomic E-state index is 12.6. The van der Waals surface area contributed by atoms with Crippen LogP contribution in [0.1, 0.15) is 79.1 Å². The number of carboxylic acid groups (broad SMARTS) is 1. The number of allylic oxidation sites excluding steroid dienone is 1. The maximum absolute atomic E-state index is 12.6. The van der Waals surface area contributed by atoms with Gasteiger partial charge in [-0.25, -0.2) is 9.59 Å². The third kappa shape index (κ3) is 4.88. The first-order valence-electron chi connectivity index (χ1n) is 16.5. The van der Waals surface area contributed by atoms with Gasteiger partial charge >= 0.3 is 11.9 Å². The number of hydrogen-bond acceptors (Lipinski definition) is 10. The highest BCUT2D eigenvalue weighted by molar-refractivity contribution is 5.76. The zero-order valence-corrected chi connectivity index (χ0v) is 26.2. The van der Waals surface area contributed by atoms with Crippen molar-refractivity contribution in [2.45, 2.75) is 128 Å². The summed E-state index contributed by atoms with van der Waals surface area (Å²) in [5, 5.41) is 59.7. The number of carboxylic acids is 1. The smallest absolute Gasteiger partial charge is 0.338 e. The fourth-order valence-corrected chi connectivity index (χ4v) is 10.7. The van der Waals surface area contributed by atoms with Crippen molar-refractivity contribution in [3.63, 3.8) is 0 Å². The molecule has 2 heterocycles. The maximum Gasteiger partial charge on any atom is 0.338 e. The highest BCUT2D eigenvalue weighted by Gasteiger charge is 2.69. The SMILES string of the molecule is C[C@@H]1CC[C@@]2(OC1)O[C@H]1C[C@H]3[C@@H]4CC=C5C[C@@H](OC(=O)[C@@H](O)[C@@H](O)[C@H](O)[C@@H](O)C(=O)O)[C@H](O)C[C@]5(C)[C@H]4CC[C@]3(C)[C@H]1[C@@H]2C. The molecule has 0 aromatic rings. The number of aliphatic carboxylic acids is 1. The molecule has 248 valence electrons. The number of hydrogen-bond donors (Lipinski definition) is 6. The first-order chi connectivity index (χ1) is 20.6. The van der Waals surface area contributed by atoms with Gasteiger partial charge in [-0.3, -0.25) is 0 Å². The van der Waals surface area contributed by atoms with Crippen LogP contribution in [0.15, 0.2) is 11.6 Å². The van der Waals surface area contributed by atoms with Crippen LogP contribution >= 0.6 is 0 Å². The van der Waals surface area contributed by atoms with E-state index in [0.717, 1.165) is 50.7 Å². The summed E-state index contributed by atoms with van der Waals surface area (Å²) in [6, 6.07) is 0. The number of rotatable bonds is 6. The first kappa shape index (κ1) is 32.3. The number of fused-ring (bicyclic) bond motifs is 7. The van der Waals surface area contributed by atoms with Crippen molar-refractivity contribution in [3.05, 3.63) is 11.6 Å². The molecule has 2 aliphatic heterocycles. The van der Waals surface area contributed by atoms with Crippen molar-refractivity contribution in [3.8, 4) is 0 Å². The third-order valence-corrected chi connectivity index (χ3v) is 13.1. The van der Waals surface area contributed by atoms with Gasteiger partial charge in [0.1, 0.15) is 18.3 Å². The minimum Gasteiger partial charge on any atom is -0.479 e. The molecule has 11 nitrogen and oxygen atoms in total. The first-order valence-corrected chi connectivity index (χ1v) is 16.5. The van der Waals surface area contributed by atoms with Crippen LogP contribution < -0.4 is 0 Å². The van der Waals surface area contributed by atoms with Crippen molar-refractivity contribution in [2.24, 2.45) is 46.3 Å². The lowest BCUT2D eigenvalue weighted by Gasteiger charge is -2.59. The van der Waals surface area contributed by atoms with Crippen molar-refractivity contribution in [1.29, 1.82) is 0 Å². The average Bonchev–Trinajstić information content (AvgIpc) is 3.42. The van der Waals surface area contributed by atoms with Crippen molar-refractivity contribution in [1.82, 2.24) is 0 Å². The van der Waals surface area contributed by atoms with E-state index in [1.54, 1.807) is 0 Å². The predicted molar refractivity (Wildman–Crippen MR) is 155 cm³/mol. The van der Waals surface area contributed by atoms with Gasteiger partial charge in [0.2, 0.25) is 0 Å². The van der Waals surface area contributed by atoms with Crippen LogP contribution in [0.3, 0.4) is 0 Å². The molecule has 6 aliphatic rings. The number of carbonyl (C=O) groups excluding carboxylic acids is 1. The molecule has 0 aromatic heterocycles. The summed E-state index contributed by atoms with van der Waals surface area (Å²) < 4.78 is 18.7. The molecule has 0 bridgehead atoms. The quantitative estimate of drug-likeness (QED) is 0.188. The standard InChI is InChI=1S/C33H50O11/c1-15-7-10-33(42-14-15)16(2)24-23(44-33)12-20-18-6-5-17-11-22(21(34)13-32(17,4)19(18)8-9-31(20,24)3)43-30(41)28(38)26(36)25(35)27(37)29(39)40/h5,15-16,18-28,34-38H,6-14H2,1-4H3,(H,39,40)/t15-,16+,18-,19+,20+,21-,22-,23+,24+,25+,26+,27-,28+,31+,32+,33-/m1/s1. The van der Waals surface area contributed by atoms with Crippen LogP contribution in [0.25, 0.3) is 0 Å². The molecule has 11 heteroatoms. The fraction of sp³-hybridized carbons (Fsp3) is 0.879. The third-order valence-electron chi connectivity index (χ3n) is 13.1. The Balaban J connectivity index is 1.14. The Morgan fingerprint density at radius 2 is 1.73 bits per heavy atom. The summed E-state index contributed by atoms with van der Waals surface area (Å²) in [4.78, 5) is 23.6. The van der Waals surface area contributed by atoms with Crippen LogP contribution in [0, 0.1) is 46.3 Å². The molecule has 4 aliphatic carbocycles. The molecule has 6 N–H and O–H groups in total. The highest BCUT2D eigenvalue weighted by Crippen LogP contribution is 2.70. The highest BCUT2D eigenvalue weighted by atomic mass is 16.7. The molecule has 2 saturated heterocycles. The van der Waals surface area contributed by atoms with Crippen molar-refractivity contribution < 1.29 is 54.4 Å². The van der Waals surface area contributed by atoms with Crippen LogP contribution in [0.5, 0.6) is 0 Å². The summed E-state index contributed by atoms with van der Waals surface area (Å²) in [7, 11) is 0. The predicted octanol–water partition coefficient (Wildman–Crippen LogP) is 1.76. The van der Waals surface area contributed by atoms with E-state index >= 15 is 0 Å². The Bertz CT molecular complexity index is 1160. The van der Waals surface area contributed by atoms with E-state index in [1.807, 2.05) is 0 Å². The average molecular weight is 623 g/mol. The zero-order valence-electron chi connectivity index (χ0n) is 26.2. The van der Waals surface area contributed by atoms with Gasteiger partial charge in [-0.1, -0.05) is 39.3 Å². The normalized spacial score (nSPS) is 49.0. The summed E-state index contributed by atoms with van der Waals surface area (Å²) >= 11 is 0. The lowest BCUT2D eigenvalue weighted by molar-refractivity contribution is -0.272. The van der Waals surface area contributed by atoms with E-state index < -0.39 is 54.3 Å². The molecular weight excluding hydrogens is 572 g/mol. The molecule has 44 heavy (non-hydrogen) atoms. The van der Waals surface area contributed by atoms with Gasteiger partial charge in [-0.2, -0.15) is 0 Å². The zero-order chi connectivity index (χ0) is 31.9. The van der Waals surface area contributed by atoms with E-state index in [-0.39, 0.29) is 23.4 Å². The van der Waals surface area contributed by atoms with E-state index in [1.165, 1.54) is 0 Å². The Kier molecular flexibility index (Phi) is 8.29. The topological polar surface area (TPSA) is 183 Å². The van der Waals surface area contributed by atoms with Gasteiger partial charge < -0.3 is 44.8 Å². The monoisotopic (exact) mass is 622 g/mol. The van der Waals surface area contributed by atoms with Crippen LogP contribution in [-0.4, -0.2) is 97.7 Å². The second-order valence-corrected chi connectivity index (χ2v) is 15.4. The van der Waals surface area contributed by atoms with Gasteiger partial charge in [0.15, 0.2) is 18.0 Å². The number of esters is 1. The second kappa shape index (κ2) is 11.3. The minimum atomic E-state index is -2.40. The molecule has 0 radical (unpaired) electrons. The Hall–Kier alpha value is -1.60. The van der Waals surface area contributed by atoms with Crippen LogP contribution in [-0.2, 0) is 23.8 Å². The Morgan fingerprint density at radius 3 is 2.39 bits per heavy atom. The van der Waals surface area contributed by atoms with Gasteiger partial charge in [0, 0.05) is 18.8 Å². The number of aliphatic hydroxyl groups excluding tert-OH is 5. The minimum absolute atomic E-state index is 0.157. The molecule has 3 saturated carbocycles. The van der Waals surface area contributed by atoms with Crippen molar-refractivity contribution >= 4 is 11.9 Å². The lowest BCUT2D eigenvalue weighted by atomic mass is 9.46. The second-order valence-electron chi connectivity index (χ2n) is 15.4. The van der Waals surface area contributed by atoms with Crippen LogP contribution in [0.2, 0.25) is 0 Å². The molecular formula is C33H50O11. The summed E-state index contributed by atoms with van der Waals surface area (Å²) in [6.07, 6.45) is -2.00. The van der Waals surface area contributed by atoms with Crippen LogP contribution in [0.4, 0.5) is 0 Å². The van der Waals surface area contributed by atoms with E-state index in [4.69, 9.17) is 19.3 Å². The lowest BCUT2D eigenvalue weighted by Crippen LogP contribution is -2.55. The summed E-state index contributed by atoms with van der Waals surface area (Å²) in [5.41, 5.74) is 0.998. The van der Waals surface area contributed by atoms with E-state index in [0.29, 0.717) is 41.9 Å². The molecule has 6 rings (SSSR count). The van der Waals surface area contributed by atoms with Gasteiger partial charge in [-0.15, -0.1) is 0 Å². The Labute approximate surface area is 258 Å².